The molecule has 0 saturated carbocycles. The molecule has 2 rings (SSSR count). The number of aromatic amines is 1. The third-order valence-electron chi connectivity index (χ3n) is 2.62. The number of hydrogen-bond donors (Lipinski definition) is 2. The van der Waals surface area contributed by atoms with Gasteiger partial charge in [0.15, 0.2) is 0 Å². The lowest BCUT2D eigenvalue weighted by atomic mass is 10.1. The number of carbonyl (C=O) groups is 1. The zero-order valence-corrected chi connectivity index (χ0v) is 9.55. The molecule has 0 radical (unpaired) electrons. The van der Waals surface area contributed by atoms with Crippen molar-refractivity contribution in [2.75, 3.05) is 11.9 Å². The lowest BCUT2D eigenvalue weighted by Gasteiger charge is -2.17. The fourth-order valence-corrected chi connectivity index (χ4v) is 1.72. The summed E-state index contributed by atoms with van der Waals surface area (Å²) >= 11 is 0. The summed E-state index contributed by atoms with van der Waals surface area (Å²) in [6.45, 7) is 0.680. The summed E-state index contributed by atoms with van der Waals surface area (Å²) < 4.78 is 0. The Morgan fingerprint density at radius 2 is 2.24 bits per heavy atom. The van der Waals surface area contributed by atoms with Crippen LogP contribution >= 0.6 is 0 Å². The van der Waals surface area contributed by atoms with Crippen molar-refractivity contribution < 1.29 is 9.90 Å². The van der Waals surface area contributed by atoms with Crippen molar-refractivity contribution >= 4 is 11.7 Å². The summed E-state index contributed by atoms with van der Waals surface area (Å²) in [4.78, 5) is 15.9. The Bertz CT molecular complexity index is 506. The summed E-state index contributed by atoms with van der Waals surface area (Å²) in [6.07, 6.45) is 3.76. The van der Waals surface area contributed by atoms with Crippen molar-refractivity contribution in [3.63, 3.8) is 0 Å². The van der Waals surface area contributed by atoms with E-state index < -0.39 is 5.97 Å². The van der Waals surface area contributed by atoms with Crippen LogP contribution in [0.3, 0.4) is 0 Å². The van der Waals surface area contributed by atoms with Crippen LogP contribution in [-0.4, -0.2) is 23.1 Å². The first-order valence-corrected chi connectivity index (χ1v) is 5.33. The van der Waals surface area contributed by atoms with Crippen LogP contribution in [0.15, 0.2) is 42.7 Å². The predicted molar refractivity (Wildman–Crippen MR) is 66.3 cm³/mol. The fourth-order valence-electron chi connectivity index (χ4n) is 1.72. The number of carboxylic acids is 1. The molecule has 0 spiro atoms. The number of benzene rings is 1. The monoisotopic (exact) mass is 230 g/mol. The Morgan fingerprint density at radius 1 is 1.41 bits per heavy atom. The van der Waals surface area contributed by atoms with Crippen molar-refractivity contribution in [1.29, 1.82) is 0 Å². The molecule has 0 aliphatic heterocycles. The van der Waals surface area contributed by atoms with Crippen LogP contribution in [0.4, 0.5) is 5.69 Å². The third-order valence-corrected chi connectivity index (χ3v) is 2.62. The average molecular weight is 230 g/mol. The maximum Gasteiger partial charge on any atom is 0.335 e. The van der Waals surface area contributed by atoms with Crippen LogP contribution < -0.4 is 4.90 Å². The first kappa shape index (κ1) is 11.3. The van der Waals surface area contributed by atoms with Gasteiger partial charge in [-0.15, -0.1) is 0 Å². The zero-order valence-electron chi connectivity index (χ0n) is 9.55. The largest absolute Gasteiger partial charge is 0.478 e. The number of rotatable bonds is 4. The summed E-state index contributed by atoms with van der Waals surface area (Å²) in [5, 5.41) is 8.91. The maximum absolute atomic E-state index is 10.8. The number of nitrogens with zero attached hydrogens (tertiary/aromatic N) is 1. The molecule has 0 atom stereocenters. The standard InChI is InChI=1S/C13H14N2O2/c1-15(12-5-6-14-8-12)9-10-3-2-4-11(7-10)13(16)17/h2-8,14H,9H2,1H3,(H,16,17). The van der Waals surface area contributed by atoms with Crippen molar-refractivity contribution in [2.24, 2.45) is 0 Å². The van der Waals surface area contributed by atoms with Gasteiger partial charge in [-0.1, -0.05) is 12.1 Å². The molecule has 4 nitrogen and oxygen atoms in total. The average Bonchev–Trinajstić information content (AvgIpc) is 2.82. The third kappa shape index (κ3) is 2.66. The van der Waals surface area contributed by atoms with E-state index in [1.54, 1.807) is 18.2 Å². The summed E-state index contributed by atoms with van der Waals surface area (Å²) in [5.41, 5.74) is 2.38. The molecule has 0 aliphatic carbocycles. The number of aromatic nitrogens is 1. The Kier molecular flexibility index (Phi) is 3.14. The van der Waals surface area contributed by atoms with Gasteiger partial charge in [-0.05, 0) is 23.8 Å². The van der Waals surface area contributed by atoms with E-state index in [0.29, 0.717) is 12.1 Å². The van der Waals surface area contributed by atoms with E-state index in [0.717, 1.165) is 11.3 Å². The molecule has 0 amide bonds. The van der Waals surface area contributed by atoms with Gasteiger partial charge in [-0.25, -0.2) is 4.79 Å². The highest BCUT2D eigenvalue weighted by molar-refractivity contribution is 5.87. The molecule has 1 aromatic carbocycles. The number of nitrogens with one attached hydrogen (secondary N) is 1. The minimum absolute atomic E-state index is 0.324. The van der Waals surface area contributed by atoms with Gasteiger partial charge in [0.05, 0.1) is 11.3 Å². The number of anilines is 1. The minimum Gasteiger partial charge on any atom is -0.478 e. The molecule has 0 bridgehead atoms. The SMILES string of the molecule is CN(Cc1cccc(C(=O)O)c1)c1cc[nH]c1. The molecule has 2 aromatic rings. The minimum atomic E-state index is -0.892. The number of hydrogen-bond acceptors (Lipinski definition) is 2. The van der Waals surface area contributed by atoms with Crippen LogP contribution in [0.1, 0.15) is 15.9 Å². The van der Waals surface area contributed by atoms with Crippen LogP contribution in [0, 0.1) is 0 Å². The maximum atomic E-state index is 10.8. The van der Waals surface area contributed by atoms with Gasteiger partial charge in [0.25, 0.3) is 0 Å². The fraction of sp³-hybridized carbons (Fsp3) is 0.154. The Morgan fingerprint density at radius 3 is 2.88 bits per heavy atom. The second kappa shape index (κ2) is 4.74. The van der Waals surface area contributed by atoms with E-state index in [4.69, 9.17) is 5.11 Å². The highest BCUT2D eigenvalue weighted by Crippen LogP contribution is 2.14. The summed E-state index contributed by atoms with van der Waals surface area (Å²) in [5.74, 6) is -0.892. The molecule has 17 heavy (non-hydrogen) atoms. The topological polar surface area (TPSA) is 56.3 Å². The number of H-pyrrole nitrogens is 1. The van der Waals surface area contributed by atoms with E-state index in [-0.39, 0.29) is 0 Å². The van der Waals surface area contributed by atoms with Crippen molar-refractivity contribution in [2.45, 2.75) is 6.54 Å². The lowest BCUT2D eigenvalue weighted by molar-refractivity contribution is 0.0697. The van der Waals surface area contributed by atoms with Gasteiger partial charge in [0.1, 0.15) is 0 Å². The highest BCUT2D eigenvalue weighted by Gasteiger charge is 2.06. The van der Waals surface area contributed by atoms with Crippen LogP contribution in [0.25, 0.3) is 0 Å². The molecule has 2 N–H and O–H groups in total. The first-order chi connectivity index (χ1) is 8.16. The quantitative estimate of drug-likeness (QED) is 0.847. The molecule has 0 unspecified atom stereocenters. The summed E-state index contributed by atoms with van der Waals surface area (Å²) in [6, 6.07) is 8.97. The second-order valence-electron chi connectivity index (χ2n) is 3.93. The van der Waals surface area contributed by atoms with Gasteiger partial charge >= 0.3 is 5.97 Å². The molecule has 88 valence electrons. The smallest absolute Gasteiger partial charge is 0.335 e. The Balaban J connectivity index is 2.13. The second-order valence-corrected chi connectivity index (χ2v) is 3.93. The van der Waals surface area contributed by atoms with E-state index in [2.05, 4.69) is 9.88 Å². The van der Waals surface area contributed by atoms with Crippen LogP contribution in [-0.2, 0) is 6.54 Å². The van der Waals surface area contributed by atoms with E-state index in [1.807, 2.05) is 31.6 Å². The molecular formula is C13H14N2O2. The van der Waals surface area contributed by atoms with Gasteiger partial charge in [-0.2, -0.15) is 0 Å². The Hall–Kier alpha value is -2.23. The molecule has 0 fully saturated rings. The number of aromatic carboxylic acids is 1. The molecular weight excluding hydrogens is 216 g/mol. The lowest BCUT2D eigenvalue weighted by Crippen LogP contribution is -2.15. The van der Waals surface area contributed by atoms with Crippen molar-refractivity contribution in [3.05, 3.63) is 53.9 Å². The number of carboxylic acid groups (broad SMARTS) is 1. The van der Waals surface area contributed by atoms with Gasteiger partial charge < -0.3 is 15.0 Å². The highest BCUT2D eigenvalue weighted by atomic mass is 16.4. The first-order valence-electron chi connectivity index (χ1n) is 5.33. The van der Waals surface area contributed by atoms with Crippen molar-refractivity contribution in [3.8, 4) is 0 Å². The molecule has 0 saturated heterocycles. The molecule has 1 aromatic heterocycles. The Labute approximate surface area is 99.5 Å². The molecule has 1 heterocycles. The van der Waals surface area contributed by atoms with Crippen LogP contribution in [0.5, 0.6) is 0 Å². The van der Waals surface area contributed by atoms with Gasteiger partial charge in [0.2, 0.25) is 0 Å². The van der Waals surface area contributed by atoms with Crippen molar-refractivity contribution in [1.82, 2.24) is 4.98 Å². The zero-order chi connectivity index (χ0) is 12.3. The summed E-state index contributed by atoms with van der Waals surface area (Å²) in [7, 11) is 1.97. The van der Waals surface area contributed by atoms with Gasteiger partial charge in [-0.3, -0.25) is 0 Å². The van der Waals surface area contributed by atoms with E-state index in [9.17, 15) is 4.79 Å². The normalized spacial score (nSPS) is 10.2. The van der Waals surface area contributed by atoms with E-state index in [1.165, 1.54) is 0 Å². The molecule has 4 heteroatoms. The van der Waals surface area contributed by atoms with E-state index >= 15 is 0 Å². The predicted octanol–water partition coefficient (Wildman–Crippen LogP) is 2.35. The molecule has 0 aliphatic rings. The van der Waals surface area contributed by atoms with Crippen LogP contribution in [0.2, 0.25) is 0 Å². The van der Waals surface area contributed by atoms with Gasteiger partial charge in [0, 0.05) is 26.0 Å².